The highest BCUT2D eigenvalue weighted by molar-refractivity contribution is 6.07. The molecule has 0 aliphatic carbocycles. The van der Waals surface area contributed by atoms with Crippen molar-refractivity contribution in [2.45, 2.75) is 33.7 Å². The third-order valence-electron chi connectivity index (χ3n) is 4.54. The van der Waals surface area contributed by atoms with Gasteiger partial charge >= 0.3 is 5.97 Å². The number of aryl methyl sites for hydroxylation is 1. The fourth-order valence-corrected chi connectivity index (χ4v) is 3.08. The molecule has 0 fully saturated rings. The van der Waals surface area contributed by atoms with E-state index in [1.807, 2.05) is 0 Å². The molecule has 2 heterocycles. The normalized spacial score (nSPS) is 11.9. The van der Waals surface area contributed by atoms with Gasteiger partial charge in [0.15, 0.2) is 11.5 Å². The molecule has 0 aliphatic rings. The van der Waals surface area contributed by atoms with E-state index in [4.69, 9.17) is 13.9 Å². The van der Waals surface area contributed by atoms with E-state index < -0.39 is 17.9 Å². The van der Waals surface area contributed by atoms with Crippen LogP contribution >= 0.6 is 0 Å². The van der Waals surface area contributed by atoms with Crippen LogP contribution in [0.2, 0.25) is 0 Å². The van der Waals surface area contributed by atoms with E-state index in [2.05, 4.69) is 4.98 Å². The molecule has 2 aromatic heterocycles. The fraction of sp³-hybridized carbons (Fsp3) is 0.450. The summed E-state index contributed by atoms with van der Waals surface area (Å²) in [6.45, 7) is 7.48. The van der Waals surface area contributed by atoms with E-state index in [1.165, 1.54) is 18.3 Å². The predicted molar refractivity (Wildman–Crippen MR) is 102 cm³/mol. The molecule has 1 atom stereocenters. The number of carbonyl (C=O) groups is 3. The van der Waals surface area contributed by atoms with Gasteiger partial charge in [-0.2, -0.15) is 0 Å². The van der Waals surface area contributed by atoms with E-state index in [0.717, 1.165) is 0 Å². The smallest absolute Gasteiger partial charge is 0.355 e. The van der Waals surface area contributed by atoms with Crippen molar-refractivity contribution in [2.75, 3.05) is 26.9 Å². The summed E-state index contributed by atoms with van der Waals surface area (Å²) in [5.41, 5.74) is 1.68. The van der Waals surface area contributed by atoms with Crippen molar-refractivity contribution in [1.29, 1.82) is 0 Å². The van der Waals surface area contributed by atoms with E-state index >= 15 is 0 Å². The zero-order valence-electron chi connectivity index (χ0n) is 16.8. The highest BCUT2D eigenvalue weighted by Crippen LogP contribution is 2.23. The van der Waals surface area contributed by atoms with Gasteiger partial charge in [0, 0.05) is 24.9 Å². The number of methoxy groups -OCH3 is 1. The van der Waals surface area contributed by atoms with Crippen LogP contribution in [-0.4, -0.2) is 60.5 Å². The first-order chi connectivity index (χ1) is 13.3. The van der Waals surface area contributed by atoms with E-state index in [-0.39, 0.29) is 37.0 Å². The Balaban J connectivity index is 2.34. The summed E-state index contributed by atoms with van der Waals surface area (Å²) in [7, 11) is 1.52. The van der Waals surface area contributed by atoms with Crippen molar-refractivity contribution in [3.05, 3.63) is 46.7 Å². The number of carbonyl (C=O) groups excluding carboxylic acids is 3. The number of hydrogen-bond acceptors (Lipinski definition) is 6. The molecule has 1 amide bonds. The summed E-state index contributed by atoms with van der Waals surface area (Å²) in [5, 5.41) is 0. The molecule has 0 unspecified atom stereocenters. The average molecular weight is 390 g/mol. The zero-order valence-corrected chi connectivity index (χ0v) is 16.8. The van der Waals surface area contributed by atoms with Crippen LogP contribution in [0.5, 0.6) is 0 Å². The molecule has 0 aliphatic heterocycles. The van der Waals surface area contributed by atoms with Crippen LogP contribution in [0, 0.1) is 13.8 Å². The van der Waals surface area contributed by atoms with Crippen LogP contribution in [0.3, 0.4) is 0 Å². The minimum Gasteiger partial charge on any atom is -0.461 e. The summed E-state index contributed by atoms with van der Waals surface area (Å²) in [6.07, 6.45) is 1.40. The Kier molecular flexibility index (Phi) is 7.17. The van der Waals surface area contributed by atoms with E-state index in [1.54, 1.807) is 39.8 Å². The van der Waals surface area contributed by atoms with Crippen LogP contribution in [0.15, 0.2) is 22.8 Å². The first kappa shape index (κ1) is 21.4. The lowest BCUT2D eigenvalue weighted by Gasteiger charge is -2.27. The first-order valence-corrected chi connectivity index (χ1v) is 9.07. The molecule has 0 bridgehead atoms. The zero-order chi connectivity index (χ0) is 20.8. The number of esters is 1. The third-order valence-corrected chi connectivity index (χ3v) is 4.54. The molecule has 0 spiro atoms. The molecule has 8 nitrogen and oxygen atoms in total. The summed E-state index contributed by atoms with van der Waals surface area (Å²) in [4.78, 5) is 42.5. The molecule has 28 heavy (non-hydrogen) atoms. The fourth-order valence-electron chi connectivity index (χ4n) is 3.08. The first-order valence-electron chi connectivity index (χ1n) is 9.07. The third kappa shape index (κ3) is 4.33. The Morgan fingerprint density at radius 1 is 1.29 bits per heavy atom. The molecular weight excluding hydrogens is 364 g/mol. The number of nitrogens with one attached hydrogen (secondary N) is 1. The minimum absolute atomic E-state index is 0.144. The molecule has 0 saturated heterocycles. The monoisotopic (exact) mass is 390 g/mol. The van der Waals surface area contributed by atoms with Gasteiger partial charge in [-0.25, -0.2) is 4.79 Å². The van der Waals surface area contributed by atoms with Gasteiger partial charge in [0.2, 0.25) is 0 Å². The topological polar surface area (TPSA) is 102 Å². The Morgan fingerprint density at radius 2 is 2.00 bits per heavy atom. The number of ketones is 1. The standard InChI is InChI=1S/C20H26N2O6/c1-6-27-20(25)17-12(2)16(13(3)21-17)18(23)14(4)22(9-11-26-5)19(24)15-8-7-10-28-15/h7-8,10,14,21H,6,9,11H2,1-5H3/t14-/m1/s1. The van der Waals surface area contributed by atoms with Gasteiger partial charge in [0.1, 0.15) is 5.69 Å². The molecule has 152 valence electrons. The summed E-state index contributed by atoms with van der Waals surface area (Å²) in [6, 6.07) is 2.38. The molecule has 8 heteroatoms. The van der Waals surface area contributed by atoms with Gasteiger partial charge in [-0.3, -0.25) is 9.59 Å². The van der Waals surface area contributed by atoms with Crippen LogP contribution in [0.4, 0.5) is 0 Å². The van der Waals surface area contributed by atoms with E-state index in [0.29, 0.717) is 16.8 Å². The SMILES string of the molecule is CCOC(=O)c1[nH]c(C)c(C(=O)[C@@H](C)N(CCOC)C(=O)c2ccco2)c1C. The Bertz CT molecular complexity index is 837. The van der Waals surface area contributed by atoms with Crippen molar-refractivity contribution in [3.63, 3.8) is 0 Å². The van der Waals surface area contributed by atoms with Crippen molar-refractivity contribution in [1.82, 2.24) is 9.88 Å². The number of aromatic nitrogens is 1. The van der Waals surface area contributed by atoms with E-state index in [9.17, 15) is 14.4 Å². The lowest BCUT2D eigenvalue weighted by molar-refractivity contribution is 0.0517. The average Bonchev–Trinajstić information content (AvgIpc) is 3.29. The van der Waals surface area contributed by atoms with Crippen LogP contribution in [0.1, 0.15) is 56.5 Å². The maximum absolute atomic E-state index is 13.2. The van der Waals surface area contributed by atoms with Crippen LogP contribution < -0.4 is 0 Å². The summed E-state index contributed by atoms with van der Waals surface area (Å²) in [5.74, 6) is -1.06. The van der Waals surface area contributed by atoms with Crippen molar-refractivity contribution < 1.29 is 28.3 Å². The molecule has 0 saturated carbocycles. The molecule has 0 aromatic carbocycles. The number of rotatable bonds is 9. The van der Waals surface area contributed by atoms with Gasteiger partial charge in [-0.1, -0.05) is 0 Å². The summed E-state index contributed by atoms with van der Waals surface area (Å²) < 4.78 is 15.3. The van der Waals surface area contributed by atoms with Crippen LogP contribution in [0.25, 0.3) is 0 Å². The maximum Gasteiger partial charge on any atom is 0.355 e. The maximum atomic E-state index is 13.2. The molecule has 2 rings (SSSR count). The van der Waals surface area contributed by atoms with Gasteiger partial charge < -0.3 is 23.8 Å². The number of Topliss-reactive ketones (excluding diaryl/α,β-unsaturated/α-hetero) is 1. The number of furan rings is 1. The lowest BCUT2D eigenvalue weighted by atomic mass is 9.99. The molecular formula is C20H26N2O6. The summed E-state index contributed by atoms with van der Waals surface area (Å²) >= 11 is 0. The number of H-pyrrole nitrogens is 1. The van der Waals surface area contributed by atoms with Gasteiger partial charge in [-0.15, -0.1) is 0 Å². The second-order valence-corrected chi connectivity index (χ2v) is 6.35. The number of amides is 1. The van der Waals surface area contributed by atoms with Crippen molar-refractivity contribution in [3.8, 4) is 0 Å². The predicted octanol–water partition coefficient (Wildman–Crippen LogP) is 2.76. The Hall–Kier alpha value is -2.87. The van der Waals surface area contributed by atoms with Crippen LogP contribution in [-0.2, 0) is 9.47 Å². The number of nitrogens with zero attached hydrogens (tertiary/aromatic N) is 1. The molecule has 0 radical (unpaired) electrons. The highest BCUT2D eigenvalue weighted by Gasteiger charge is 2.32. The number of hydrogen-bond donors (Lipinski definition) is 1. The van der Waals surface area contributed by atoms with Gasteiger partial charge in [0.25, 0.3) is 5.91 Å². The quantitative estimate of drug-likeness (QED) is 0.522. The minimum atomic E-state index is -0.781. The number of aromatic amines is 1. The van der Waals surface area contributed by atoms with Gasteiger partial charge in [-0.05, 0) is 45.4 Å². The Labute approximate surface area is 163 Å². The second-order valence-electron chi connectivity index (χ2n) is 6.35. The second kappa shape index (κ2) is 9.36. The molecule has 2 aromatic rings. The molecule has 1 N–H and O–H groups in total. The Morgan fingerprint density at radius 3 is 2.57 bits per heavy atom. The largest absolute Gasteiger partial charge is 0.461 e. The lowest BCUT2D eigenvalue weighted by Crippen LogP contribution is -2.45. The number of ether oxygens (including phenoxy) is 2. The van der Waals surface area contributed by atoms with Gasteiger partial charge in [0.05, 0.1) is 25.5 Å². The van der Waals surface area contributed by atoms with Crippen molar-refractivity contribution in [2.24, 2.45) is 0 Å². The van der Waals surface area contributed by atoms with Crippen molar-refractivity contribution >= 4 is 17.7 Å². The highest BCUT2D eigenvalue weighted by atomic mass is 16.5.